The van der Waals surface area contributed by atoms with E-state index in [9.17, 15) is 76.7 Å². The minimum absolute atomic E-state index is 0. The van der Waals surface area contributed by atoms with Crippen molar-refractivity contribution < 1.29 is 95.7 Å². The Morgan fingerprint density at radius 3 is 0.683 bits per heavy atom. The van der Waals surface area contributed by atoms with Crippen LogP contribution in [0.1, 0.15) is 118 Å². The smallest absolute Gasteiger partial charge is 0.303 e. The number of esters is 4. The van der Waals surface area contributed by atoms with E-state index in [2.05, 4.69) is 73.2 Å². The standard InChI is InChI=1S/C54H57I9N10O15.C16H14ClI3N2O5.C6H18N4.CH4/c1-10-16-70(7)52(83)34-37(55)31(40(58)46(43(34)61)67-28(77)22-86-25(4)74)49(80)64-13-19-73(20-14-65-50(81)32-38(56)35(53(84)71(8)17-11-2)44(62)47(41(32)59)68-29(78)23-87-26(5)75)21-15-66-51(82)33-39(57)36(54(85)72(9)18-12-3)45(63)48(42(33)60)69-30(79)24-88-27(6)76;1-4-5-22(3)16(26)10-11(18)9(15(17)25)12(19)14(13(10)20)21-8(24)6-27-7(2)23;7-1-4-10(5-2-8)6-3-9;/h10-12H,1-3,13-24H2,4-9H3,(H,64,80)(H,65,81)(H,66,82)(H,67,77)(H,68,78)(H,69,79);4H,1,5-6H2,2-3H3,(H,21,24);1-9H2;1H4. The lowest BCUT2D eigenvalue weighted by molar-refractivity contribution is -0.145. The number of nitrogens with one attached hydrogen (secondary N) is 7. The van der Waals surface area contributed by atoms with Crippen molar-refractivity contribution in [3.8, 4) is 0 Å². The molecule has 11 amide bonds. The number of hydrogen-bond acceptors (Lipinski definition) is 25. The molecule has 0 radical (unpaired) electrons. The number of carbonyl (C=O) groups excluding carboxylic acids is 16. The minimum atomic E-state index is -0.754. The number of carbonyl (C=O) groups is 16. The van der Waals surface area contributed by atoms with Crippen LogP contribution >= 0.6 is 283 Å². The van der Waals surface area contributed by atoms with Gasteiger partial charge in [0.2, 0.25) is 0 Å². The van der Waals surface area contributed by atoms with Crippen molar-refractivity contribution in [1.82, 2.24) is 45.3 Å². The van der Waals surface area contributed by atoms with Gasteiger partial charge in [-0.3, -0.25) is 86.5 Å². The molecule has 0 aliphatic rings. The number of benzene rings is 4. The van der Waals surface area contributed by atoms with Gasteiger partial charge in [-0.15, -0.1) is 26.3 Å². The van der Waals surface area contributed by atoms with Crippen molar-refractivity contribution in [2.75, 3.05) is 181 Å². The predicted octanol–water partition coefficient (Wildman–Crippen LogP) is 9.74. The van der Waals surface area contributed by atoms with Crippen LogP contribution in [0.15, 0.2) is 50.6 Å². The molecule has 0 spiro atoms. The van der Waals surface area contributed by atoms with Crippen LogP contribution in [0, 0.1) is 42.8 Å². The molecule has 0 fully saturated rings. The molecule has 0 atom stereocenters. The van der Waals surface area contributed by atoms with Gasteiger partial charge in [0.15, 0.2) is 26.4 Å². The zero-order valence-corrected chi connectivity index (χ0v) is 94.9. The zero-order valence-electron chi connectivity index (χ0n) is 68.3. The van der Waals surface area contributed by atoms with Crippen molar-refractivity contribution in [2.24, 2.45) is 17.2 Å². The lowest BCUT2D eigenvalue weighted by atomic mass is 10.1. The van der Waals surface area contributed by atoms with Gasteiger partial charge in [-0.2, -0.15) is 0 Å². The summed E-state index contributed by atoms with van der Waals surface area (Å²) >= 11 is 28.5. The second-order valence-corrected chi connectivity index (χ2v) is 38.9. The molecule has 49 heteroatoms. The summed E-state index contributed by atoms with van der Waals surface area (Å²) in [5.74, 6) is -9.25. The average Bonchev–Trinajstić information content (AvgIpc) is 0.781. The summed E-state index contributed by atoms with van der Waals surface area (Å²) in [5.41, 5.74) is 17.5. The van der Waals surface area contributed by atoms with Crippen molar-refractivity contribution in [2.45, 2.75) is 35.1 Å². The van der Waals surface area contributed by atoms with E-state index < -0.39 is 115 Å². The van der Waals surface area contributed by atoms with E-state index >= 15 is 0 Å². The van der Waals surface area contributed by atoms with Gasteiger partial charge < -0.3 is 93.0 Å². The molecule has 0 aliphatic carbocycles. The van der Waals surface area contributed by atoms with Crippen LogP contribution in [0.2, 0.25) is 0 Å². The van der Waals surface area contributed by atoms with E-state index in [1.54, 1.807) is 39.2 Å². The molecule has 0 aromatic heterocycles. The molecule has 692 valence electrons. The maximum atomic E-state index is 14.5. The second kappa shape index (κ2) is 61.3. The van der Waals surface area contributed by atoms with Crippen molar-refractivity contribution in [1.29, 1.82) is 0 Å². The third-order valence-electron chi connectivity index (χ3n) is 16.2. The van der Waals surface area contributed by atoms with Crippen molar-refractivity contribution in [3.05, 3.63) is 138 Å². The molecule has 4 aromatic carbocycles. The lowest BCUT2D eigenvalue weighted by Crippen LogP contribution is -2.43. The quantitative estimate of drug-likeness (QED) is 0.00647. The Labute approximate surface area is 898 Å². The SMILES string of the molecule is C.C=CCN(C)C(=O)c1c(I)c(NC(=O)COC(C)=O)c(I)c(C(=O)Cl)c1I.C=CCN(C)C(=O)c1c(I)c(NC(=O)COC(C)=O)c(I)c(C(=O)NCCN(CCNC(=O)c2c(I)c(NC(=O)COC(C)=O)c(I)c(C(=O)N(C)CC=C)c2I)CCNC(=O)c2c(I)c(NC(=O)COC(C)=O)c(I)c(C(=O)N(C)CC=C)c2I)c1I.NCCN(CCN)CCN. The highest BCUT2D eigenvalue weighted by Crippen LogP contribution is 2.41. The monoisotopic (exact) mass is 3120 g/mol. The van der Waals surface area contributed by atoms with Crippen LogP contribution < -0.4 is 54.4 Å². The minimum Gasteiger partial charge on any atom is -0.456 e. The molecule has 36 nitrogen and oxygen atoms in total. The molecule has 0 saturated carbocycles. The number of hydrogen-bond donors (Lipinski definition) is 10. The molecule has 0 bridgehead atoms. The van der Waals surface area contributed by atoms with E-state index in [1.165, 1.54) is 44.8 Å². The molecule has 126 heavy (non-hydrogen) atoms. The van der Waals surface area contributed by atoms with Crippen LogP contribution in [0.25, 0.3) is 0 Å². The first-order valence-electron chi connectivity index (χ1n) is 36.3. The average molecular weight is 3120 g/mol. The number of halogens is 13. The second-order valence-electron chi connectivity index (χ2n) is 25.6. The van der Waals surface area contributed by atoms with Crippen LogP contribution in [0.4, 0.5) is 22.7 Å². The molecule has 0 aliphatic heterocycles. The first-order chi connectivity index (χ1) is 58.7. The van der Waals surface area contributed by atoms with Crippen molar-refractivity contribution in [3.63, 3.8) is 0 Å². The van der Waals surface area contributed by atoms with Gasteiger partial charge in [0.1, 0.15) is 0 Å². The third kappa shape index (κ3) is 37.0. The first-order valence-corrected chi connectivity index (χ1v) is 49.6. The summed E-state index contributed by atoms with van der Waals surface area (Å²) in [6.07, 6.45) is 6.13. The van der Waals surface area contributed by atoms with Gasteiger partial charge in [-0.05, 0) is 283 Å². The number of rotatable bonds is 43. The summed E-state index contributed by atoms with van der Waals surface area (Å²) in [5, 5.41) is 18.6. The molecule has 4 aromatic rings. The highest BCUT2D eigenvalue weighted by Gasteiger charge is 2.36. The number of likely N-dealkylation sites (N-methyl/N-ethyl adjacent to an activating group) is 4. The zero-order chi connectivity index (χ0) is 95.3. The van der Waals surface area contributed by atoms with Gasteiger partial charge in [0.25, 0.3) is 70.2 Å². The Morgan fingerprint density at radius 1 is 0.317 bits per heavy atom. The molecule has 13 N–H and O–H groups in total. The Morgan fingerprint density at radius 2 is 0.500 bits per heavy atom. The van der Waals surface area contributed by atoms with Gasteiger partial charge in [-0.1, -0.05) is 31.7 Å². The lowest BCUT2D eigenvalue weighted by Gasteiger charge is -2.25. The summed E-state index contributed by atoms with van der Waals surface area (Å²) in [4.78, 5) is 217. The normalized spacial score (nSPS) is 10.5. The van der Waals surface area contributed by atoms with Gasteiger partial charge in [-0.25, -0.2) is 0 Å². The van der Waals surface area contributed by atoms with E-state index in [0.717, 1.165) is 40.4 Å². The van der Waals surface area contributed by atoms with Crippen LogP contribution in [-0.2, 0) is 57.3 Å². The Balaban J connectivity index is 0.00000171. The number of nitrogens with two attached hydrogens (primary N) is 3. The van der Waals surface area contributed by atoms with Crippen LogP contribution in [0.3, 0.4) is 0 Å². The van der Waals surface area contributed by atoms with Crippen molar-refractivity contribution >= 4 is 400 Å². The largest absolute Gasteiger partial charge is 0.456 e. The number of anilines is 4. The van der Waals surface area contributed by atoms with E-state index in [4.69, 9.17) is 43.0 Å². The maximum Gasteiger partial charge on any atom is 0.303 e. The summed E-state index contributed by atoms with van der Waals surface area (Å²) in [6, 6.07) is 0. The summed E-state index contributed by atoms with van der Waals surface area (Å²) < 4.78 is 23.1. The summed E-state index contributed by atoms with van der Waals surface area (Å²) in [6.45, 7) is 22.4. The Bertz CT molecular complexity index is 4470. The third-order valence-corrected chi connectivity index (χ3v) is 29.3. The fraction of sp³-hybridized carbons (Fsp3) is 0.377. The Hall–Kier alpha value is -3.59. The topological polar surface area (TPSA) is 492 Å². The Kier molecular flexibility index (Phi) is 58.6. The molecular weight excluding hydrogens is 3030 g/mol. The van der Waals surface area contributed by atoms with Crippen LogP contribution in [-0.4, -0.2) is 283 Å². The van der Waals surface area contributed by atoms with E-state index in [1.807, 2.05) is 271 Å². The van der Waals surface area contributed by atoms with Crippen LogP contribution in [0.5, 0.6) is 0 Å². The first kappa shape index (κ1) is 120. The van der Waals surface area contributed by atoms with E-state index in [-0.39, 0.29) is 161 Å². The maximum absolute atomic E-state index is 14.5. The number of ether oxygens (including phenoxy) is 4. The summed E-state index contributed by atoms with van der Waals surface area (Å²) in [7, 11) is 6.22. The van der Waals surface area contributed by atoms with Gasteiger partial charge in [0.05, 0.1) is 95.8 Å². The highest BCUT2D eigenvalue weighted by molar-refractivity contribution is 14.1. The van der Waals surface area contributed by atoms with E-state index in [0.29, 0.717) is 47.6 Å². The molecule has 0 unspecified atom stereocenters. The predicted molar refractivity (Wildman–Crippen MR) is 582 cm³/mol. The fourth-order valence-electron chi connectivity index (χ4n) is 10.3. The molecule has 4 rings (SSSR count). The molecule has 0 heterocycles. The number of amides is 11. The highest BCUT2D eigenvalue weighted by atomic mass is 127. The fourth-order valence-corrected chi connectivity index (χ4v) is 28.4. The van der Waals surface area contributed by atoms with Gasteiger partial charge >= 0.3 is 23.9 Å². The molecule has 0 saturated heterocycles. The number of nitrogens with zero attached hydrogens (tertiary/aromatic N) is 6. The molecular formula is C77H93ClI12N16O20. The van der Waals surface area contributed by atoms with Gasteiger partial charge in [0, 0.05) is 175 Å².